The van der Waals surface area contributed by atoms with E-state index in [0.29, 0.717) is 34.9 Å². The number of carboxylic acids is 1. The van der Waals surface area contributed by atoms with E-state index in [1.165, 1.54) is 29.2 Å². The van der Waals surface area contributed by atoms with E-state index in [0.717, 1.165) is 0 Å². The minimum atomic E-state index is -0.941. The first-order chi connectivity index (χ1) is 14.5. The molecule has 0 bridgehead atoms. The van der Waals surface area contributed by atoms with E-state index in [2.05, 4.69) is 0 Å². The molecule has 0 saturated heterocycles. The van der Waals surface area contributed by atoms with Gasteiger partial charge in [0.15, 0.2) is 0 Å². The van der Waals surface area contributed by atoms with Crippen LogP contribution >= 0.6 is 0 Å². The van der Waals surface area contributed by atoms with Crippen molar-refractivity contribution in [3.8, 4) is 11.5 Å². The minimum Gasteiger partial charge on any atom is -0.481 e. The summed E-state index contributed by atoms with van der Waals surface area (Å²) in [6, 6.07) is 19.9. The maximum Gasteiger partial charge on any atom is 0.303 e. The molecule has 3 aromatic carbocycles. The molecule has 0 saturated carbocycles. The third-order valence-electron chi connectivity index (χ3n) is 4.60. The van der Waals surface area contributed by atoms with Crippen molar-refractivity contribution in [2.75, 3.05) is 11.4 Å². The number of amides is 1. The second kappa shape index (κ2) is 9.69. The third kappa shape index (κ3) is 5.23. The van der Waals surface area contributed by atoms with Crippen molar-refractivity contribution in [2.24, 2.45) is 0 Å². The lowest BCUT2D eigenvalue weighted by molar-refractivity contribution is -0.136. The summed E-state index contributed by atoms with van der Waals surface area (Å²) < 4.78 is 19.2. The summed E-state index contributed by atoms with van der Waals surface area (Å²) in [5.41, 5.74) is 1.53. The number of halogens is 1. The Kier molecular flexibility index (Phi) is 6.80. The zero-order chi connectivity index (χ0) is 21.5. The van der Waals surface area contributed by atoms with Crippen molar-refractivity contribution in [1.29, 1.82) is 0 Å². The number of carbonyl (C=O) groups is 2. The Labute approximate surface area is 174 Å². The van der Waals surface area contributed by atoms with E-state index >= 15 is 0 Å². The van der Waals surface area contributed by atoms with Crippen LogP contribution in [0.25, 0.3) is 0 Å². The highest BCUT2D eigenvalue weighted by atomic mass is 19.1. The molecule has 0 radical (unpaired) electrons. The lowest BCUT2D eigenvalue weighted by Crippen LogP contribution is -2.31. The van der Waals surface area contributed by atoms with Crippen LogP contribution in [0, 0.1) is 5.82 Å². The highest BCUT2D eigenvalue weighted by Gasteiger charge is 2.21. The summed E-state index contributed by atoms with van der Waals surface area (Å²) >= 11 is 0. The fourth-order valence-corrected chi connectivity index (χ4v) is 3.11. The molecule has 0 aliphatic carbocycles. The molecule has 6 heteroatoms. The van der Waals surface area contributed by atoms with Gasteiger partial charge in [0.2, 0.25) is 0 Å². The Bertz CT molecular complexity index is 1020. The van der Waals surface area contributed by atoms with Crippen molar-refractivity contribution >= 4 is 17.6 Å². The Morgan fingerprint density at radius 2 is 1.67 bits per heavy atom. The van der Waals surface area contributed by atoms with Crippen molar-refractivity contribution in [3.63, 3.8) is 0 Å². The fourth-order valence-electron chi connectivity index (χ4n) is 3.11. The SMILES string of the molecule is CCN(C(=O)c1cc(Oc2ccccc2)ccc1CCC(=O)O)c1ccc(F)cc1. The van der Waals surface area contributed by atoms with Gasteiger partial charge in [-0.2, -0.15) is 0 Å². The van der Waals surface area contributed by atoms with Crippen molar-refractivity contribution in [2.45, 2.75) is 19.8 Å². The molecule has 3 rings (SSSR count). The average Bonchev–Trinajstić information content (AvgIpc) is 2.75. The first-order valence-corrected chi connectivity index (χ1v) is 9.63. The lowest BCUT2D eigenvalue weighted by Gasteiger charge is -2.23. The van der Waals surface area contributed by atoms with Gasteiger partial charge in [-0.25, -0.2) is 4.39 Å². The van der Waals surface area contributed by atoms with Crippen molar-refractivity contribution in [1.82, 2.24) is 0 Å². The van der Waals surface area contributed by atoms with Crippen LogP contribution in [0.2, 0.25) is 0 Å². The molecule has 0 heterocycles. The zero-order valence-corrected chi connectivity index (χ0v) is 16.5. The van der Waals surface area contributed by atoms with E-state index in [9.17, 15) is 14.0 Å². The largest absolute Gasteiger partial charge is 0.481 e. The number of hydrogen-bond acceptors (Lipinski definition) is 3. The standard InChI is InChI=1S/C24H22FNO4/c1-2-26(19-12-10-18(25)11-13-19)24(29)22-16-21(30-20-6-4-3-5-7-20)14-8-17(22)9-15-23(27)28/h3-8,10-14,16H,2,9,15H2,1H3,(H,27,28). The molecule has 5 nitrogen and oxygen atoms in total. The van der Waals surface area contributed by atoms with E-state index < -0.39 is 5.97 Å². The number of carbonyl (C=O) groups excluding carboxylic acids is 1. The van der Waals surface area contributed by atoms with Gasteiger partial charge < -0.3 is 14.7 Å². The fraction of sp³-hybridized carbons (Fsp3) is 0.167. The van der Waals surface area contributed by atoms with Crippen molar-refractivity contribution in [3.05, 3.63) is 89.7 Å². The Hall–Kier alpha value is -3.67. The van der Waals surface area contributed by atoms with Gasteiger partial charge in [-0.3, -0.25) is 9.59 Å². The van der Waals surface area contributed by atoms with Crippen LogP contribution in [0.5, 0.6) is 11.5 Å². The number of hydrogen-bond donors (Lipinski definition) is 1. The van der Waals surface area contributed by atoms with E-state index in [4.69, 9.17) is 9.84 Å². The number of rotatable bonds is 8. The Morgan fingerprint density at radius 3 is 2.30 bits per heavy atom. The lowest BCUT2D eigenvalue weighted by atomic mass is 10.0. The summed E-state index contributed by atoms with van der Waals surface area (Å²) in [6.45, 7) is 2.19. The molecule has 0 aliphatic rings. The highest BCUT2D eigenvalue weighted by molar-refractivity contribution is 6.07. The Morgan fingerprint density at radius 1 is 0.967 bits per heavy atom. The number of aryl methyl sites for hydroxylation is 1. The van der Waals surface area contributed by atoms with Gasteiger partial charge in [0, 0.05) is 24.2 Å². The molecular formula is C24H22FNO4. The van der Waals surface area contributed by atoms with Crippen LogP contribution < -0.4 is 9.64 Å². The van der Waals surface area contributed by atoms with Gasteiger partial charge in [-0.05, 0) is 67.4 Å². The number of benzene rings is 3. The topological polar surface area (TPSA) is 66.8 Å². The second-order valence-electron chi connectivity index (χ2n) is 6.65. The molecule has 1 amide bonds. The minimum absolute atomic E-state index is 0.0954. The smallest absolute Gasteiger partial charge is 0.303 e. The molecular weight excluding hydrogens is 385 g/mol. The van der Waals surface area contributed by atoms with Crippen LogP contribution in [0.3, 0.4) is 0 Å². The van der Waals surface area contributed by atoms with Crippen molar-refractivity contribution < 1.29 is 23.8 Å². The zero-order valence-electron chi connectivity index (χ0n) is 16.5. The monoisotopic (exact) mass is 407 g/mol. The molecule has 0 atom stereocenters. The molecule has 0 aromatic heterocycles. The van der Waals surface area contributed by atoms with Gasteiger partial charge in [0.25, 0.3) is 5.91 Å². The van der Waals surface area contributed by atoms with Crippen LogP contribution in [0.15, 0.2) is 72.8 Å². The van der Waals surface area contributed by atoms with Gasteiger partial charge in [-0.15, -0.1) is 0 Å². The molecule has 1 N–H and O–H groups in total. The molecule has 0 aliphatic heterocycles. The summed E-state index contributed by atoms with van der Waals surface area (Å²) in [5, 5.41) is 9.06. The van der Waals surface area contributed by atoms with E-state index in [-0.39, 0.29) is 24.6 Å². The first-order valence-electron chi connectivity index (χ1n) is 9.63. The third-order valence-corrected chi connectivity index (χ3v) is 4.60. The molecule has 30 heavy (non-hydrogen) atoms. The summed E-state index contributed by atoms with van der Waals surface area (Å²) in [7, 11) is 0. The number of para-hydroxylation sites is 1. The maximum absolute atomic E-state index is 13.4. The molecule has 3 aromatic rings. The molecule has 154 valence electrons. The quantitative estimate of drug-likeness (QED) is 0.550. The highest BCUT2D eigenvalue weighted by Crippen LogP contribution is 2.27. The predicted octanol–water partition coefficient (Wildman–Crippen LogP) is 5.30. The van der Waals surface area contributed by atoms with Gasteiger partial charge in [0.1, 0.15) is 17.3 Å². The Balaban J connectivity index is 1.96. The van der Waals surface area contributed by atoms with Gasteiger partial charge >= 0.3 is 5.97 Å². The summed E-state index contributed by atoms with van der Waals surface area (Å²) in [6.07, 6.45) is 0.116. The molecule has 0 fully saturated rings. The van der Waals surface area contributed by atoms with Crippen LogP contribution in [0.1, 0.15) is 29.3 Å². The number of aliphatic carboxylic acids is 1. The van der Waals surface area contributed by atoms with Gasteiger partial charge in [0.05, 0.1) is 0 Å². The first kappa shape index (κ1) is 21.0. The van der Waals surface area contributed by atoms with Gasteiger partial charge in [-0.1, -0.05) is 24.3 Å². The summed E-state index contributed by atoms with van der Waals surface area (Å²) in [5.74, 6) is -0.534. The van der Waals surface area contributed by atoms with Crippen LogP contribution in [-0.2, 0) is 11.2 Å². The number of nitrogens with zero attached hydrogens (tertiary/aromatic N) is 1. The summed E-state index contributed by atoms with van der Waals surface area (Å²) in [4.78, 5) is 25.9. The number of ether oxygens (including phenoxy) is 1. The average molecular weight is 407 g/mol. The van der Waals surface area contributed by atoms with E-state index in [1.807, 2.05) is 25.1 Å². The van der Waals surface area contributed by atoms with E-state index in [1.54, 1.807) is 30.3 Å². The van der Waals surface area contributed by atoms with Crippen LogP contribution in [-0.4, -0.2) is 23.5 Å². The maximum atomic E-state index is 13.4. The number of carboxylic acid groups (broad SMARTS) is 1. The second-order valence-corrected chi connectivity index (χ2v) is 6.65. The number of anilines is 1. The predicted molar refractivity (Wildman–Crippen MR) is 113 cm³/mol. The normalized spacial score (nSPS) is 10.5. The molecule has 0 spiro atoms. The van der Waals surface area contributed by atoms with Crippen LogP contribution in [0.4, 0.5) is 10.1 Å². The molecule has 0 unspecified atom stereocenters.